The van der Waals surface area contributed by atoms with Gasteiger partial charge < -0.3 is 18.8 Å². The van der Waals surface area contributed by atoms with E-state index in [9.17, 15) is 9.59 Å². The van der Waals surface area contributed by atoms with Crippen molar-refractivity contribution in [3.63, 3.8) is 0 Å². The molecule has 29 heavy (non-hydrogen) atoms. The quantitative estimate of drug-likeness (QED) is 0.422. The van der Waals surface area contributed by atoms with Crippen molar-refractivity contribution in [3.8, 4) is 17.2 Å². The summed E-state index contributed by atoms with van der Waals surface area (Å²) in [5.41, 5.74) is 1.14. The van der Waals surface area contributed by atoms with Crippen molar-refractivity contribution in [2.24, 2.45) is 7.05 Å². The molecule has 0 radical (unpaired) electrons. The van der Waals surface area contributed by atoms with Gasteiger partial charge in [0.15, 0.2) is 5.75 Å². The van der Waals surface area contributed by atoms with Crippen molar-refractivity contribution in [3.05, 3.63) is 64.4 Å². The Labute approximate surface area is 169 Å². The first-order chi connectivity index (χ1) is 14.0. The zero-order valence-corrected chi connectivity index (χ0v) is 16.9. The number of carbonyl (C=O) groups excluding carboxylic acids is 1. The van der Waals surface area contributed by atoms with Crippen LogP contribution in [0.3, 0.4) is 0 Å². The van der Waals surface area contributed by atoms with Gasteiger partial charge in [0.25, 0.3) is 5.56 Å². The monoisotopic (exact) mass is 395 g/mol. The number of hydrogen-bond donors (Lipinski definition) is 0. The number of carbonyl (C=O) groups is 1. The number of benzene rings is 2. The molecule has 6 nitrogen and oxygen atoms in total. The van der Waals surface area contributed by atoms with Crippen molar-refractivity contribution >= 4 is 16.9 Å². The van der Waals surface area contributed by atoms with E-state index in [0.717, 1.165) is 18.4 Å². The van der Waals surface area contributed by atoms with Crippen LogP contribution in [-0.2, 0) is 18.4 Å². The number of hydrogen-bond acceptors (Lipinski definition) is 5. The second-order valence-corrected chi connectivity index (χ2v) is 6.77. The number of fused-ring (bicyclic) bond motifs is 1. The van der Waals surface area contributed by atoms with E-state index in [-0.39, 0.29) is 18.1 Å². The second kappa shape index (κ2) is 9.28. The number of pyridine rings is 1. The molecule has 0 spiro atoms. The molecule has 0 aliphatic carbocycles. The Morgan fingerprint density at radius 3 is 2.48 bits per heavy atom. The maximum absolute atomic E-state index is 12.9. The molecule has 0 saturated carbocycles. The summed E-state index contributed by atoms with van der Waals surface area (Å²) in [6, 6.07) is 15.0. The Kier molecular flexibility index (Phi) is 6.54. The number of nitrogens with zero attached hydrogens (tertiary/aromatic N) is 1. The molecule has 0 bridgehead atoms. The summed E-state index contributed by atoms with van der Waals surface area (Å²) in [5, 5.41) is 0.669. The van der Waals surface area contributed by atoms with Crippen LogP contribution >= 0.6 is 0 Å². The third-order valence-electron chi connectivity index (χ3n) is 4.52. The molecule has 152 valence electrons. The van der Waals surface area contributed by atoms with Crippen LogP contribution in [0.15, 0.2) is 53.3 Å². The van der Waals surface area contributed by atoms with E-state index >= 15 is 0 Å². The lowest BCUT2D eigenvalue weighted by Gasteiger charge is -2.17. The first kappa shape index (κ1) is 20.5. The Balaban J connectivity index is 2.07. The summed E-state index contributed by atoms with van der Waals surface area (Å²) in [4.78, 5) is 24.5. The average molecular weight is 395 g/mol. The molecule has 0 amide bonds. The zero-order chi connectivity index (χ0) is 20.8. The standard InChI is InChI=1S/C23H25NO5/c1-4-5-13-27-18-11-12-19-20(14-18)24(3)23(26)22(29-16(2)25)21(19)28-15-17-9-7-6-8-10-17/h6-12,14H,4-5,13,15H2,1-3H3. The predicted octanol–water partition coefficient (Wildman–Crippen LogP) is 4.22. The van der Waals surface area contributed by atoms with Crippen molar-refractivity contribution in [2.45, 2.75) is 33.3 Å². The van der Waals surface area contributed by atoms with Gasteiger partial charge in [-0.05, 0) is 24.1 Å². The highest BCUT2D eigenvalue weighted by Gasteiger charge is 2.20. The molecule has 0 atom stereocenters. The number of aromatic nitrogens is 1. The molecule has 6 heteroatoms. The van der Waals surface area contributed by atoms with Gasteiger partial charge in [0, 0.05) is 25.4 Å². The van der Waals surface area contributed by atoms with Crippen LogP contribution in [0.2, 0.25) is 0 Å². The van der Waals surface area contributed by atoms with Crippen LogP contribution in [0, 0.1) is 0 Å². The number of unbranched alkanes of at least 4 members (excludes halogenated alkanes) is 1. The van der Waals surface area contributed by atoms with Gasteiger partial charge in [0.1, 0.15) is 12.4 Å². The molecule has 0 N–H and O–H groups in total. The number of ether oxygens (including phenoxy) is 3. The van der Waals surface area contributed by atoms with Crippen LogP contribution in [-0.4, -0.2) is 17.1 Å². The fourth-order valence-electron chi connectivity index (χ4n) is 2.99. The van der Waals surface area contributed by atoms with Gasteiger partial charge in [-0.1, -0.05) is 43.7 Å². The third kappa shape index (κ3) is 4.77. The lowest BCUT2D eigenvalue weighted by molar-refractivity contribution is -0.132. The van der Waals surface area contributed by atoms with Crippen LogP contribution < -0.4 is 19.8 Å². The molecule has 0 unspecified atom stereocenters. The molecular formula is C23H25NO5. The van der Waals surface area contributed by atoms with Crippen LogP contribution in [0.5, 0.6) is 17.2 Å². The highest BCUT2D eigenvalue weighted by Crippen LogP contribution is 2.35. The highest BCUT2D eigenvalue weighted by molar-refractivity contribution is 5.89. The van der Waals surface area contributed by atoms with Gasteiger partial charge in [-0.2, -0.15) is 0 Å². The maximum Gasteiger partial charge on any atom is 0.308 e. The van der Waals surface area contributed by atoms with Crippen molar-refractivity contribution in [1.29, 1.82) is 0 Å². The van der Waals surface area contributed by atoms with Crippen LogP contribution in [0.4, 0.5) is 0 Å². The van der Waals surface area contributed by atoms with Crippen LogP contribution in [0.25, 0.3) is 10.9 Å². The van der Waals surface area contributed by atoms with E-state index < -0.39 is 11.5 Å². The van der Waals surface area contributed by atoms with Crippen LogP contribution in [0.1, 0.15) is 32.3 Å². The summed E-state index contributed by atoms with van der Waals surface area (Å²) in [7, 11) is 1.63. The first-order valence-corrected chi connectivity index (χ1v) is 9.66. The molecule has 3 aromatic rings. The van der Waals surface area contributed by atoms with E-state index in [4.69, 9.17) is 14.2 Å². The Morgan fingerprint density at radius 2 is 1.79 bits per heavy atom. The molecule has 1 aromatic heterocycles. The number of rotatable bonds is 8. The molecule has 3 rings (SSSR count). The van der Waals surface area contributed by atoms with Crippen molar-refractivity contribution < 1.29 is 19.0 Å². The second-order valence-electron chi connectivity index (χ2n) is 6.77. The third-order valence-corrected chi connectivity index (χ3v) is 4.52. The summed E-state index contributed by atoms with van der Waals surface area (Å²) >= 11 is 0. The minimum Gasteiger partial charge on any atom is -0.494 e. The Bertz CT molecular complexity index is 1060. The molecule has 2 aromatic carbocycles. The van der Waals surface area contributed by atoms with Gasteiger partial charge in [0.05, 0.1) is 12.1 Å². The van der Waals surface area contributed by atoms with Gasteiger partial charge in [0.2, 0.25) is 5.75 Å². The van der Waals surface area contributed by atoms with E-state index in [2.05, 4.69) is 6.92 Å². The van der Waals surface area contributed by atoms with Crippen molar-refractivity contribution in [1.82, 2.24) is 4.57 Å². The molecule has 1 heterocycles. The zero-order valence-electron chi connectivity index (χ0n) is 16.9. The fourth-order valence-corrected chi connectivity index (χ4v) is 2.99. The molecule has 0 saturated heterocycles. The lowest BCUT2D eigenvalue weighted by Crippen LogP contribution is -2.22. The maximum atomic E-state index is 12.9. The highest BCUT2D eigenvalue weighted by atomic mass is 16.6. The topological polar surface area (TPSA) is 66.8 Å². The smallest absolute Gasteiger partial charge is 0.308 e. The summed E-state index contributed by atoms with van der Waals surface area (Å²) in [6.45, 7) is 4.21. The minimum absolute atomic E-state index is 0.108. The Morgan fingerprint density at radius 1 is 1.03 bits per heavy atom. The SMILES string of the molecule is CCCCOc1ccc2c(OCc3ccccc3)c(OC(C)=O)c(=O)n(C)c2c1. The largest absolute Gasteiger partial charge is 0.494 e. The molecule has 0 aliphatic heterocycles. The first-order valence-electron chi connectivity index (χ1n) is 9.66. The lowest BCUT2D eigenvalue weighted by atomic mass is 10.1. The number of aryl methyl sites for hydroxylation is 1. The summed E-state index contributed by atoms with van der Waals surface area (Å²) in [6.07, 6.45) is 1.99. The molecule has 0 aliphatic rings. The molecular weight excluding hydrogens is 370 g/mol. The van der Waals surface area contributed by atoms with E-state index in [1.165, 1.54) is 11.5 Å². The molecule has 0 fully saturated rings. The van der Waals surface area contributed by atoms with Gasteiger partial charge >= 0.3 is 5.97 Å². The van der Waals surface area contributed by atoms with E-state index in [1.807, 2.05) is 42.5 Å². The fraction of sp³-hybridized carbons (Fsp3) is 0.304. The van der Waals surface area contributed by atoms with E-state index in [0.29, 0.717) is 23.3 Å². The van der Waals surface area contributed by atoms with Crippen molar-refractivity contribution in [2.75, 3.05) is 6.61 Å². The van der Waals surface area contributed by atoms with Gasteiger partial charge in [-0.25, -0.2) is 0 Å². The summed E-state index contributed by atoms with van der Waals surface area (Å²) < 4.78 is 18.4. The normalized spacial score (nSPS) is 10.7. The van der Waals surface area contributed by atoms with E-state index in [1.54, 1.807) is 13.1 Å². The Hall–Kier alpha value is -3.28. The van der Waals surface area contributed by atoms with Gasteiger partial charge in [-0.15, -0.1) is 0 Å². The summed E-state index contributed by atoms with van der Waals surface area (Å²) in [5.74, 6) is 0.242. The van der Waals surface area contributed by atoms with Gasteiger partial charge in [-0.3, -0.25) is 9.59 Å². The predicted molar refractivity (Wildman–Crippen MR) is 112 cm³/mol. The number of esters is 1. The average Bonchev–Trinajstić information content (AvgIpc) is 2.72. The minimum atomic E-state index is -0.578.